The number of thiophene rings is 1. The Kier molecular flexibility index (Phi) is 3.70. The number of nitrogens with two attached hydrogens (primary N) is 1. The third kappa shape index (κ3) is 3.24. The summed E-state index contributed by atoms with van der Waals surface area (Å²) >= 11 is 4.93. The standard InChI is InChI=1S/C10H9BrN4OS/c11-8-2-1-6(17-8)3-15-10(16)7-4-14-9(12)5-13-7/h1-2,4-5H,3H2,(H2,12,14)(H,15,16). The van der Waals surface area contributed by atoms with E-state index < -0.39 is 0 Å². The van der Waals surface area contributed by atoms with E-state index in [0.717, 1.165) is 8.66 Å². The molecule has 1 amide bonds. The Hall–Kier alpha value is -1.47. The van der Waals surface area contributed by atoms with Crippen LogP contribution in [0.25, 0.3) is 0 Å². The van der Waals surface area contributed by atoms with Crippen molar-refractivity contribution in [1.29, 1.82) is 0 Å². The molecule has 0 unspecified atom stereocenters. The highest BCUT2D eigenvalue weighted by Crippen LogP contribution is 2.21. The first kappa shape index (κ1) is 12.0. The smallest absolute Gasteiger partial charge is 0.271 e. The first-order chi connectivity index (χ1) is 8.15. The van der Waals surface area contributed by atoms with Crippen molar-refractivity contribution in [2.75, 3.05) is 5.73 Å². The molecule has 17 heavy (non-hydrogen) atoms. The maximum absolute atomic E-state index is 11.7. The van der Waals surface area contributed by atoms with Crippen LogP contribution in [0, 0.1) is 0 Å². The molecule has 0 radical (unpaired) electrons. The number of hydrogen-bond acceptors (Lipinski definition) is 5. The zero-order valence-corrected chi connectivity index (χ0v) is 11.1. The van der Waals surface area contributed by atoms with Gasteiger partial charge < -0.3 is 11.1 Å². The van der Waals surface area contributed by atoms with Crippen LogP contribution < -0.4 is 11.1 Å². The Balaban J connectivity index is 1.95. The Bertz CT molecular complexity index is 525. The molecule has 2 aromatic rings. The first-order valence-electron chi connectivity index (χ1n) is 4.75. The minimum atomic E-state index is -0.262. The van der Waals surface area contributed by atoms with Crippen LogP contribution in [0.4, 0.5) is 5.82 Å². The molecule has 0 saturated heterocycles. The molecule has 88 valence electrons. The average molecular weight is 313 g/mol. The van der Waals surface area contributed by atoms with E-state index in [4.69, 9.17) is 5.73 Å². The van der Waals surface area contributed by atoms with Gasteiger partial charge in [0.25, 0.3) is 5.91 Å². The Morgan fingerprint density at radius 3 is 2.82 bits per heavy atom. The van der Waals surface area contributed by atoms with E-state index in [1.165, 1.54) is 12.4 Å². The molecule has 2 heterocycles. The molecular weight excluding hydrogens is 304 g/mol. The molecule has 3 N–H and O–H groups in total. The molecule has 0 atom stereocenters. The second-order valence-electron chi connectivity index (χ2n) is 3.22. The lowest BCUT2D eigenvalue weighted by molar-refractivity contribution is 0.0946. The topological polar surface area (TPSA) is 80.9 Å². The summed E-state index contributed by atoms with van der Waals surface area (Å²) in [4.78, 5) is 20.4. The zero-order chi connectivity index (χ0) is 12.3. The van der Waals surface area contributed by atoms with Crippen LogP contribution in [0.1, 0.15) is 15.4 Å². The SMILES string of the molecule is Nc1cnc(C(=O)NCc2ccc(Br)s2)cn1. The summed E-state index contributed by atoms with van der Waals surface area (Å²) in [6.07, 6.45) is 2.71. The summed E-state index contributed by atoms with van der Waals surface area (Å²) in [5, 5.41) is 2.76. The molecule has 0 aliphatic carbocycles. The quantitative estimate of drug-likeness (QED) is 0.905. The molecule has 0 aliphatic heterocycles. The molecular formula is C10H9BrN4OS. The molecule has 0 bridgehead atoms. The summed E-state index contributed by atoms with van der Waals surface area (Å²) in [7, 11) is 0. The van der Waals surface area contributed by atoms with Crippen LogP contribution in [-0.4, -0.2) is 15.9 Å². The summed E-state index contributed by atoms with van der Waals surface area (Å²) in [5.41, 5.74) is 5.64. The lowest BCUT2D eigenvalue weighted by atomic mass is 10.4. The monoisotopic (exact) mass is 312 g/mol. The number of anilines is 1. The lowest BCUT2D eigenvalue weighted by Crippen LogP contribution is -2.23. The van der Waals surface area contributed by atoms with Crippen LogP contribution in [0.2, 0.25) is 0 Å². The largest absolute Gasteiger partial charge is 0.382 e. The summed E-state index contributed by atoms with van der Waals surface area (Å²) in [5.74, 6) is 0.0331. The Morgan fingerprint density at radius 2 is 2.24 bits per heavy atom. The van der Waals surface area contributed by atoms with Crippen molar-refractivity contribution in [3.8, 4) is 0 Å². The summed E-state index contributed by atoms with van der Waals surface area (Å²) in [6, 6.07) is 3.89. The predicted molar refractivity (Wildman–Crippen MR) is 69.6 cm³/mol. The Morgan fingerprint density at radius 1 is 1.41 bits per heavy atom. The minimum Gasteiger partial charge on any atom is -0.382 e. The van der Waals surface area contributed by atoms with Gasteiger partial charge in [0.15, 0.2) is 0 Å². The number of rotatable bonds is 3. The first-order valence-corrected chi connectivity index (χ1v) is 6.36. The van der Waals surface area contributed by atoms with Gasteiger partial charge in [-0.1, -0.05) is 0 Å². The summed E-state index contributed by atoms with van der Waals surface area (Å²) < 4.78 is 1.04. The number of hydrogen-bond donors (Lipinski definition) is 2. The number of nitrogens with zero attached hydrogens (tertiary/aromatic N) is 2. The molecule has 0 aromatic carbocycles. The van der Waals surface area contributed by atoms with Crippen molar-refractivity contribution in [3.63, 3.8) is 0 Å². The lowest BCUT2D eigenvalue weighted by Gasteiger charge is -2.02. The fraction of sp³-hybridized carbons (Fsp3) is 0.100. The number of carbonyl (C=O) groups is 1. The highest BCUT2D eigenvalue weighted by Gasteiger charge is 2.07. The molecule has 0 spiro atoms. The van der Waals surface area contributed by atoms with Crippen molar-refractivity contribution >= 4 is 39.0 Å². The molecule has 7 heteroatoms. The number of nitrogen functional groups attached to an aromatic ring is 1. The van der Waals surface area contributed by atoms with Gasteiger partial charge in [-0.25, -0.2) is 9.97 Å². The van der Waals surface area contributed by atoms with Gasteiger partial charge >= 0.3 is 0 Å². The van der Waals surface area contributed by atoms with Crippen molar-refractivity contribution in [2.45, 2.75) is 6.54 Å². The van der Waals surface area contributed by atoms with E-state index in [1.54, 1.807) is 11.3 Å². The van der Waals surface area contributed by atoms with Gasteiger partial charge in [0.05, 0.1) is 22.7 Å². The molecule has 0 fully saturated rings. The highest BCUT2D eigenvalue weighted by molar-refractivity contribution is 9.11. The van der Waals surface area contributed by atoms with Crippen molar-refractivity contribution in [1.82, 2.24) is 15.3 Å². The third-order valence-electron chi connectivity index (χ3n) is 1.96. The van der Waals surface area contributed by atoms with Crippen molar-refractivity contribution in [3.05, 3.63) is 38.9 Å². The fourth-order valence-corrected chi connectivity index (χ4v) is 2.58. The fourth-order valence-electron chi connectivity index (χ4n) is 1.16. The molecule has 0 saturated carbocycles. The van der Waals surface area contributed by atoms with Gasteiger partial charge in [-0.05, 0) is 28.1 Å². The van der Waals surface area contributed by atoms with E-state index in [-0.39, 0.29) is 11.6 Å². The maximum Gasteiger partial charge on any atom is 0.271 e. The van der Waals surface area contributed by atoms with Gasteiger partial charge in [0, 0.05) is 4.88 Å². The number of nitrogens with one attached hydrogen (secondary N) is 1. The van der Waals surface area contributed by atoms with Crippen molar-refractivity contribution < 1.29 is 4.79 Å². The van der Waals surface area contributed by atoms with E-state index in [0.29, 0.717) is 12.4 Å². The third-order valence-corrected chi connectivity index (χ3v) is 3.58. The minimum absolute atomic E-state index is 0.259. The maximum atomic E-state index is 11.7. The van der Waals surface area contributed by atoms with Gasteiger partial charge in [-0.3, -0.25) is 4.79 Å². The van der Waals surface area contributed by atoms with Gasteiger partial charge in [0.1, 0.15) is 11.5 Å². The Labute approximate surface area is 110 Å². The van der Waals surface area contributed by atoms with Crippen LogP contribution in [0.5, 0.6) is 0 Å². The van der Waals surface area contributed by atoms with Crippen molar-refractivity contribution in [2.24, 2.45) is 0 Å². The number of aromatic nitrogens is 2. The normalized spacial score (nSPS) is 10.2. The van der Waals surface area contributed by atoms with E-state index >= 15 is 0 Å². The van der Waals surface area contributed by atoms with Crippen LogP contribution in [0.3, 0.4) is 0 Å². The second-order valence-corrected chi connectivity index (χ2v) is 5.76. The predicted octanol–water partition coefficient (Wildman–Crippen LogP) is 1.81. The van der Waals surface area contributed by atoms with Gasteiger partial charge in [-0.2, -0.15) is 0 Å². The molecule has 2 rings (SSSR count). The van der Waals surface area contributed by atoms with E-state index in [1.807, 2.05) is 12.1 Å². The number of halogens is 1. The molecule has 0 aliphatic rings. The number of amides is 1. The molecule has 5 nitrogen and oxygen atoms in total. The van der Waals surface area contributed by atoms with Crippen LogP contribution in [-0.2, 0) is 6.54 Å². The zero-order valence-electron chi connectivity index (χ0n) is 8.68. The van der Waals surface area contributed by atoms with Gasteiger partial charge in [-0.15, -0.1) is 11.3 Å². The van der Waals surface area contributed by atoms with Crippen LogP contribution in [0.15, 0.2) is 28.3 Å². The second kappa shape index (κ2) is 5.24. The van der Waals surface area contributed by atoms with Crippen LogP contribution >= 0.6 is 27.3 Å². The average Bonchev–Trinajstić information content (AvgIpc) is 2.73. The molecule has 2 aromatic heterocycles. The van der Waals surface area contributed by atoms with Gasteiger partial charge in [0.2, 0.25) is 0 Å². The summed E-state index contributed by atoms with van der Waals surface area (Å²) in [6.45, 7) is 0.473. The van der Waals surface area contributed by atoms with E-state index in [2.05, 4.69) is 31.2 Å². The highest BCUT2D eigenvalue weighted by atomic mass is 79.9. The number of carbonyl (C=O) groups excluding carboxylic acids is 1. The van der Waals surface area contributed by atoms with E-state index in [9.17, 15) is 4.79 Å².